The average molecular weight is 272 g/mol. The zero-order chi connectivity index (χ0) is 12.4. The van der Waals surface area contributed by atoms with Crippen molar-refractivity contribution in [3.05, 3.63) is 24.0 Å². The van der Waals surface area contributed by atoms with Gasteiger partial charge >= 0.3 is 0 Å². The number of halogens is 1. The Morgan fingerprint density at radius 2 is 2.22 bits per heavy atom. The summed E-state index contributed by atoms with van der Waals surface area (Å²) in [5.74, 6) is 0.542. The average Bonchev–Trinajstić information content (AvgIpc) is 2.70. The number of aromatic nitrogens is 1. The molecule has 2 rings (SSSR count). The van der Waals surface area contributed by atoms with Gasteiger partial charge < -0.3 is 15.2 Å². The minimum Gasteiger partial charge on any atom is -0.347 e. The van der Waals surface area contributed by atoms with Crippen LogP contribution >= 0.6 is 12.4 Å². The Balaban J connectivity index is 0.00000162. The van der Waals surface area contributed by atoms with Crippen LogP contribution in [0.3, 0.4) is 0 Å². The van der Waals surface area contributed by atoms with E-state index in [1.165, 1.54) is 0 Å². The Morgan fingerprint density at radius 3 is 2.78 bits per heavy atom. The van der Waals surface area contributed by atoms with Crippen molar-refractivity contribution < 1.29 is 4.79 Å². The molecule has 5 heteroatoms. The van der Waals surface area contributed by atoms with Gasteiger partial charge in [0, 0.05) is 25.3 Å². The van der Waals surface area contributed by atoms with Gasteiger partial charge in [-0.3, -0.25) is 4.79 Å². The number of carbonyl (C=O) groups excluding carboxylic acids is 1. The second-order valence-electron chi connectivity index (χ2n) is 5.01. The quantitative estimate of drug-likeness (QED) is 0.858. The molecular weight excluding hydrogens is 250 g/mol. The number of aryl methyl sites for hydroxylation is 1. The Hall–Kier alpha value is -1.00. The van der Waals surface area contributed by atoms with E-state index in [1.54, 1.807) is 0 Å². The molecule has 0 saturated carbocycles. The van der Waals surface area contributed by atoms with Crippen molar-refractivity contribution in [3.8, 4) is 0 Å². The topological polar surface area (TPSA) is 46.1 Å². The van der Waals surface area contributed by atoms with Crippen molar-refractivity contribution in [2.75, 3.05) is 6.54 Å². The van der Waals surface area contributed by atoms with Gasteiger partial charge in [0.05, 0.1) is 0 Å². The molecule has 2 N–H and O–H groups in total. The fraction of sp³-hybridized carbons (Fsp3) is 0.615. The molecule has 1 aromatic rings. The lowest BCUT2D eigenvalue weighted by Crippen LogP contribution is -2.56. The van der Waals surface area contributed by atoms with E-state index in [9.17, 15) is 4.79 Å². The first-order valence-electron chi connectivity index (χ1n) is 6.25. The molecule has 0 radical (unpaired) electrons. The number of hydrogen-bond donors (Lipinski definition) is 2. The van der Waals surface area contributed by atoms with Gasteiger partial charge in [-0.05, 0) is 37.9 Å². The van der Waals surface area contributed by atoms with Crippen LogP contribution in [-0.2, 0) is 7.05 Å². The van der Waals surface area contributed by atoms with Crippen molar-refractivity contribution in [3.63, 3.8) is 0 Å². The normalized spacial score (nSPS) is 27.4. The Bertz CT molecular complexity index is 395. The van der Waals surface area contributed by atoms with Crippen molar-refractivity contribution in [2.45, 2.75) is 32.4 Å². The highest BCUT2D eigenvalue weighted by Crippen LogP contribution is 2.16. The van der Waals surface area contributed by atoms with E-state index in [4.69, 9.17) is 0 Å². The minimum absolute atomic E-state index is 0. The fourth-order valence-electron chi connectivity index (χ4n) is 2.53. The predicted molar refractivity (Wildman–Crippen MR) is 75.2 cm³/mol. The smallest absolute Gasteiger partial charge is 0.268 e. The standard InChI is InChI=1S/C13H21N3O.ClH/c1-9-6-7-14-10(2)12(9)15-13(17)11-5-4-8-16(11)3;/h4-5,8-10,12,14H,6-7H2,1-3H3,(H,15,17);1H. The molecule has 18 heavy (non-hydrogen) atoms. The van der Waals surface area contributed by atoms with Crippen molar-refractivity contribution in [1.82, 2.24) is 15.2 Å². The van der Waals surface area contributed by atoms with Gasteiger partial charge in [-0.1, -0.05) is 6.92 Å². The lowest BCUT2D eigenvalue weighted by atomic mass is 9.89. The Labute approximate surface area is 115 Å². The second kappa shape index (κ2) is 6.25. The number of nitrogens with one attached hydrogen (secondary N) is 2. The number of rotatable bonds is 2. The maximum absolute atomic E-state index is 12.1. The minimum atomic E-state index is 0. The first-order chi connectivity index (χ1) is 8.09. The number of amides is 1. The maximum atomic E-state index is 12.1. The third-order valence-corrected chi connectivity index (χ3v) is 3.69. The lowest BCUT2D eigenvalue weighted by molar-refractivity contribution is 0.0889. The molecule has 0 bridgehead atoms. The number of piperidine rings is 1. The van der Waals surface area contributed by atoms with Gasteiger partial charge in [-0.25, -0.2) is 0 Å². The van der Waals surface area contributed by atoms with Gasteiger partial charge in [0.25, 0.3) is 5.91 Å². The molecule has 3 atom stereocenters. The maximum Gasteiger partial charge on any atom is 0.268 e. The van der Waals surface area contributed by atoms with Crippen LogP contribution in [0.1, 0.15) is 30.8 Å². The van der Waals surface area contributed by atoms with E-state index < -0.39 is 0 Å². The van der Waals surface area contributed by atoms with Gasteiger partial charge in [-0.2, -0.15) is 0 Å². The molecule has 102 valence electrons. The van der Waals surface area contributed by atoms with Crippen LogP contribution in [0.4, 0.5) is 0 Å². The van der Waals surface area contributed by atoms with Gasteiger partial charge in [-0.15, -0.1) is 12.4 Å². The third-order valence-electron chi connectivity index (χ3n) is 3.69. The van der Waals surface area contributed by atoms with E-state index in [-0.39, 0.29) is 24.4 Å². The molecule has 1 aliphatic rings. The molecule has 1 aromatic heterocycles. The first-order valence-corrected chi connectivity index (χ1v) is 6.25. The molecule has 3 unspecified atom stereocenters. The third kappa shape index (κ3) is 3.06. The van der Waals surface area contributed by atoms with Crippen LogP contribution < -0.4 is 10.6 Å². The van der Waals surface area contributed by atoms with E-state index in [0.717, 1.165) is 18.7 Å². The SMILES string of the molecule is CC1CCNC(C)C1NC(=O)c1cccn1C.Cl. The summed E-state index contributed by atoms with van der Waals surface area (Å²) in [6.45, 7) is 5.37. The number of carbonyl (C=O) groups is 1. The molecule has 0 spiro atoms. The highest BCUT2D eigenvalue weighted by atomic mass is 35.5. The van der Waals surface area contributed by atoms with E-state index in [0.29, 0.717) is 12.0 Å². The van der Waals surface area contributed by atoms with E-state index in [1.807, 2.05) is 29.9 Å². The Morgan fingerprint density at radius 1 is 1.50 bits per heavy atom. The molecule has 1 fully saturated rings. The molecule has 0 aromatic carbocycles. The molecule has 1 amide bonds. The summed E-state index contributed by atoms with van der Waals surface area (Å²) >= 11 is 0. The molecule has 2 heterocycles. The van der Waals surface area contributed by atoms with Crippen molar-refractivity contribution in [2.24, 2.45) is 13.0 Å². The highest BCUT2D eigenvalue weighted by Gasteiger charge is 2.29. The van der Waals surface area contributed by atoms with Crippen molar-refractivity contribution in [1.29, 1.82) is 0 Å². The van der Waals surface area contributed by atoms with Crippen LogP contribution in [0, 0.1) is 5.92 Å². The van der Waals surface area contributed by atoms with Crippen LogP contribution in [0.15, 0.2) is 18.3 Å². The van der Waals surface area contributed by atoms with E-state index in [2.05, 4.69) is 24.5 Å². The summed E-state index contributed by atoms with van der Waals surface area (Å²) in [4.78, 5) is 12.1. The summed E-state index contributed by atoms with van der Waals surface area (Å²) in [5, 5.41) is 6.55. The monoisotopic (exact) mass is 271 g/mol. The van der Waals surface area contributed by atoms with E-state index >= 15 is 0 Å². The predicted octanol–water partition coefficient (Wildman–Crippen LogP) is 1.56. The zero-order valence-electron chi connectivity index (χ0n) is 11.1. The molecular formula is C13H22ClN3O. The molecule has 1 aliphatic heterocycles. The zero-order valence-corrected chi connectivity index (χ0v) is 12.0. The fourth-order valence-corrected chi connectivity index (χ4v) is 2.53. The van der Waals surface area contributed by atoms with Gasteiger partial charge in [0.2, 0.25) is 0 Å². The summed E-state index contributed by atoms with van der Waals surface area (Å²) in [5.41, 5.74) is 0.718. The lowest BCUT2D eigenvalue weighted by Gasteiger charge is -2.36. The second-order valence-corrected chi connectivity index (χ2v) is 5.01. The summed E-state index contributed by atoms with van der Waals surface area (Å²) in [7, 11) is 1.89. The van der Waals surface area contributed by atoms with Gasteiger partial charge in [0.1, 0.15) is 5.69 Å². The van der Waals surface area contributed by atoms with Crippen LogP contribution in [0.2, 0.25) is 0 Å². The largest absolute Gasteiger partial charge is 0.347 e. The molecule has 1 saturated heterocycles. The number of nitrogens with zero attached hydrogens (tertiary/aromatic N) is 1. The summed E-state index contributed by atoms with van der Waals surface area (Å²) in [6, 6.07) is 4.29. The van der Waals surface area contributed by atoms with Crippen molar-refractivity contribution >= 4 is 18.3 Å². The first kappa shape index (κ1) is 15.1. The number of hydrogen-bond acceptors (Lipinski definition) is 2. The van der Waals surface area contributed by atoms with Gasteiger partial charge in [0.15, 0.2) is 0 Å². The van der Waals surface area contributed by atoms with Crippen LogP contribution in [-0.4, -0.2) is 29.1 Å². The Kier molecular flexibility index (Phi) is 5.23. The molecule has 4 nitrogen and oxygen atoms in total. The highest BCUT2D eigenvalue weighted by molar-refractivity contribution is 5.93. The van der Waals surface area contributed by atoms with Crippen LogP contribution in [0.5, 0.6) is 0 Å². The summed E-state index contributed by atoms with van der Waals surface area (Å²) < 4.78 is 1.85. The molecule has 0 aliphatic carbocycles. The van der Waals surface area contributed by atoms with Crippen LogP contribution in [0.25, 0.3) is 0 Å². The summed E-state index contributed by atoms with van der Waals surface area (Å²) in [6.07, 6.45) is 3.00.